The first-order valence-electron chi connectivity index (χ1n) is 6.17. The molecule has 0 aromatic heterocycles. The number of nitriles is 1. The molecule has 0 spiro atoms. The molecule has 0 saturated carbocycles. The molecular weight excluding hydrogens is 264 g/mol. The fraction of sp³-hybridized carbons (Fsp3) is 0.462. The molecule has 1 N–H and O–H groups in total. The van der Waals surface area contributed by atoms with Crippen LogP contribution in [0.4, 0.5) is 5.69 Å². The average molecular weight is 282 g/mol. The molecule has 0 amide bonds. The summed E-state index contributed by atoms with van der Waals surface area (Å²) in [5.74, 6) is 0.692. The van der Waals surface area contributed by atoms with Crippen LogP contribution in [-0.4, -0.2) is 20.3 Å². The average Bonchev–Trinajstić information content (AvgIpc) is 2.38. The number of ether oxygens (including phenoxy) is 1. The molecule has 104 valence electrons. The first kappa shape index (κ1) is 15.3. The largest absolute Gasteiger partial charge is 0.494 e. The predicted octanol–water partition coefficient (Wildman–Crippen LogP) is 2.52. The van der Waals surface area contributed by atoms with Crippen molar-refractivity contribution in [2.24, 2.45) is 0 Å². The summed E-state index contributed by atoms with van der Waals surface area (Å²) in [6.45, 7) is 4.29. The lowest BCUT2D eigenvalue weighted by atomic mass is 10.3. The third-order valence-corrected chi connectivity index (χ3v) is 4.18. The molecule has 6 heteroatoms. The van der Waals surface area contributed by atoms with Crippen LogP contribution < -0.4 is 9.46 Å². The second-order valence-electron chi connectivity index (χ2n) is 4.05. The Morgan fingerprint density at radius 1 is 1.32 bits per heavy atom. The highest BCUT2D eigenvalue weighted by Crippen LogP contribution is 2.18. The quantitative estimate of drug-likeness (QED) is 0.833. The highest BCUT2D eigenvalue weighted by molar-refractivity contribution is 7.93. The van der Waals surface area contributed by atoms with Gasteiger partial charge in [0.05, 0.1) is 12.7 Å². The van der Waals surface area contributed by atoms with Gasteiger partial charge in [0.15, 0.2) is 5.25 Å². The van der Waals surface area contributed by atoms with E-state index in [1.807, 2.05) is 6.92 Å². The third kappa shape index (κ3) is 4.45. The maximum atomic E-state index is 11.9. The lowest BCUT2D eigenvalue weighted by molar-refractivity contribution is 0.317. The zero-order valence-corrected chi connectivity index (χ0v) is 11.9. The zero-order chi connectivity index (χ0) is 14.3. The first-order chi connectivity index (χ1) is 9.03. The van der Waals surface area contributed by atoms with Gasteiger partial charge in [-0.3, -0.25) is 4.72 Å². The number of hydrogen-bond donors (Lipinski definition) is 1. The van der Waals surface area contributed by atoms with Gasteiger partial charge < -0.3 is 4.74 Å². The number of hydrogen-bond acceptors (Lipinski definition) is 4. The van der Waals surface area contributed by atoms with Gasteiger partial charge in [-0.1, -0.05) is 13.8 Å². The molecule has 1 unspecified atom stereocenters. The molecule has 0 heterocycles. The Morgan fingerprint density at radius 2 is 1.95 bits per heavy atom. The van der Waals surface area contributed by atoms with Gasteiger partial charge in [0.1, 0.15) is 5.75 Å². The van der Waals surface area contributed by atoms with E-state index in [9.17, 15) is 8.42 Å². The van der Waals surface area contributed by atoms with Gasteiger partial charge in [-0.15, -0.1) is 0 Å². The molecule has 0 aliphatic heterocycles. The highest BCUT2D eigenvalue weighted by atomic mass is 32.2. The fourth-order valence-electron chi connectivity index (χ4n) is 1.45. The molecular formula is C13H18N2O3S. The van der Waals surface area contributed by atoms with Crippen LogP contribution in [0.3, 0.4) is 0 Å². The van der Waals surface area contributed by atoms with Crippen LogP contribution in [0.1, 0.15) is 26.7 Å². The highest BCUT2D eigenvalue weighted by Gasteiger charge is 2.23. The van der Waals surface area contributed by atoms with Gasteiger partial charge in [-0.05, 0) is 37.1 Å². The van der Waals surface area contributed by atoms with Crippen molar-refractivity contribution < 1.29 is 13.2 Å². The number of sulfonamides is 1. The van der Waals surface area contributed by atoms with Crippen molar-refractivity contribution in [2.45, 2.75) is 31.9 Å². The molecule has 0 bridgehead atoms. The van der Waals surface area contributed by atoms with E-state index >= 15 is 0 Å². The number of nitrogens with zero attached hydrogens (tertiary/aromatic N) is 1. The normalized spacial score (nSPS) is 12.5. The van der Waals surface area contributed by atoms with Crippen molar-refractivity contribution in [1.29, 1.82) is 5.26 Å². The Balaban J connectivity index is 2.75. The Kier molecular flexibility index (Phi) is 5.64. The Labute approximate surface area is 114 Å². The smallest absolute Gasteiger partial charge is 0.249 e. The van der Waals surface area contributed by atoms with E-state index in [1.165, 1.54) is 0 Å². The SMILES string of the molecule is CCCOc1ccc(NS(=O)(=O)C(C#N)CC)cc1. The minimum absolute atomic E-state index is 0.254. The fourth-order valence-corrected chi connectivity index (χ4v) is 2.64. The van der Waals surface area contributed by atoms with Gasteiger partial charge in [0.25, 0.3) is 0 Å². The van der Waals surface area contributed by atoms with E-state index in [2.05, 4.69) is 4.72 Å². The van der Waals surface area contributed by atoms with Crippen molar-refractivity contribution in [3.8, 4) is 11.8 Å². The Hall–Kier alpha value is -1.74. The number of benzene rings is 1. The number of rotatable bonds is 7. The van der Waals surface area contributed by atoms with E-state index in [-0.39, 0.29) is 6.42 Å². The van der Waals surface area contributed by atoms with Gasteiger partial charge in [0.2, 0.25) is 10.0 Å². The summed E-state index contributed by atoms with van der Waals surface area (Å²) in [7, 11) is -3.66. The second-order valence-corrected chi connectivity index (χ2v) is 5.91. The molecule has 0 aliphatic rings. The van der Waals surface area contributed by atoms with Crippen molar-refractivity contribution in [3.05, 3.63) is 24.3 Å². The topological polar surface area (TPSA) is 79.2 Å². The van der Waals surface area contributed by atoms with Gasteiger partial charge in [0, 0.05) is 5.69 Å². The Morgan fingerprint density at radius 3 is 2.42 bits per heavy atom. The van der Waals surface area contributed by atoms with Gasteiger partial charge in [-0.2, -0.15) is 5.26 Å². The van der Waals surface area contributed by atoms with Crippen LogP contribution >= 0.6 is 0 Å². The molecule has 0 radical (unpaired) electrons. The zero-order valence-electron chi connectivity index (χ0n) is 11.1. The van der Waals surface area contributed by atoms with E-state index in [0.717, 1.165) is 6.42 Å². The summed E-state index contributed by atoms with van der Waals surface area (Å²) in [4.78, 5) is 0. The van der Waals surface area contributed by atoms with E-state index < -0.39 is 15.3 Å². The van der Waals surface area contributed by atoms with Crippen LogP contribution in [-0.2, 0) is 10.0 Å². The van der Waals surface area contributed by atoms with Crippen molar-refractivity contribution in [3.63, 3.8) is 0 Å². The summed E-state index contributed by atoms with van der Waals surface area (Å²) in [6.07, 6.45) is 1.16. The van der Waals surface area contributed by atoms with Crippen LogP contribution in [0, 0.1) is 11.3 Å². The van der Waals surface area contributed by atoms with Crippen molar-refractivity contribution in [1.82, 2.24) is 0 Å². The standard InChI is InChI=1S/C13H18N2O3S/c1-3-9-18-12-7-5-11(6-8-12)15-19(16,17)13(4-2)10-14/h5-8,13,15H,3-4,9H2,1-2H3. The predicted molar refractivity (Wildman–Crippen MR) is 74.5 cm³/mol. The van der Waals surface area contributed by atoms with E-state index in [4.69, 9.17) is 10.00 Å². The molecule has 1 atom stereocenters. The minimum Gasteiger partial charge on any atom is -0.494 e. The second kappa shape index (κ2) is 7.00. The third-order valence-electron chi connectivity index (χ3n) is 2.48. The molecule has 0 saturated heterocycles. The molecule has 0 fully saturated rings. The molecule has 1 rings (SSSR count). The molecule has 0 aliphatic carbocycles. The molecule has 5 nitrogen and oxygen atoms in total. The van der Waals surface area contributed by atoms with E-state index in [1.54, 1.807) is 37.3 Å². The molecule has 19 heavy (non-hydrogen) atoms. The van der Waals surface area contributed by atoms with Gasteiger partial charge in [-0.25, -0.2) is 8.42 Å². The maximum Gasteiger partial charge on any atom is 0.249 e. The summed E-state index contributed by atoms with van der Waals surface area (Å²) in [5.41, 5.74) is 0.428. The molecule has 1 aromatic carbocycles. The molecule has 1 aromatic rings. The summed E-state index contributed by atoms with van der Waals surface area (Å²) in [5, 5.41) is 7.75. The van der Waals surface area contributed by atoms with Crippen molar-refractivity contribution in [2.75, 3.05) is 11.3 Å². The van der Waals surface area contributed by atoms with Crippen LogP contribution in [0.25, 0.3) is 0 Å². The van der Waals surface area contributed by atoms with E-state index in [0.29, 0.717) is 18.0 Å². The lowest BCUT2D eigenvalue weighted by Gasteiger charge is -2.11. The maximum absolute atomic E-state index is 11.9. The van der Waals surface area contributed by atoms with Crippen LogP contribution in [0.5, 0.6) is 5.75 Å². The van der Waals surface area contributed by atoms with Crippen molar-refractivity contribution >= 4 is 15.7 Å². The Bertz CT molecular complexity index is 532. The lowest BCUT2D eigenvalue weighted by Crippen LogP contribution is -2.25. The summed E-state index contributed by atoms with van der Waals surface area (Å²) in [6, 6.07) is 8.40. The van der Waals surface area contributed by atoms with Crippen LogP contribution in [0.15, 0.2) is 24.3 Å². The summed E-state index contributed by atoms with van der Waals surface area (Å²) < 4.78 is 31.5. The number of nitrogens with one attached hydrogen (secondary N) is 1. The van der Waals surface area contributed by atoms with Crippen LogP contribution in [0.2, 0.25) is 0 Å². The monoisotopic (exact) mass is 282 g/mol. The first-order valence-corrected chi connectivity index (χ1v) is 7.72. The van der Waals surface area contributed by atoms with Gasteiger partial charge >= 0.3 is 0 Å². The minimum atomic E-state index is -3.66. The number of anilines is 1. The summed E-state index contributed by atoms with van der Waals surface area (Å²) >= 11 is 0.